The molecule has 164 valence electrons. The van der Waals surface area contributed by atoms with Crippen LogP contribution in [0.25, 0.3) is 16.9 Å². The molecule has 3 N–H and O–H groups in total. The van der Waals surface area contributed by atoms with E-state index in [2.05, 4.69) is 35.6 Å². The zero-order valence-corrected chi connectivity index (χ0v) is 18.1. The summed E-state index contributed by atoms with van der Waals surface area (Å²) < 4.78 is 27.9. The molecule has 11 nitrogen and oxygen atoms in total. The molecule has 0 fully saturated rings. The summed E-state index contributed by atoms with van der Waals surface area (Å²) in [5.74, 6) is 0.145. The summed E-state index contributed by atoms with van der Waals surface area (Å²) in [5, 5.41) is 14.1. The SMILES string of the molecule is CNS(=O)(=O)c1cccc(Nc2ncc3nnn(-c4cccc(CNC(C)=O)c4)c3n2)c1. The van der Waals surface area contributed by atoms with Crippen molar-refractivity contribution in [3.63, 3.8) is 0 Å². The van der Waals surface area contributed by atoms with E-state index in [1.54, 1.807) is 16.8 Å². The van der Waals surface area contributed by atoms with E-state index in [0.717, 1.165) is 11.3 Å². The lowest BCUT2D eigenvalue weighted by Crippen LogP contribution is -2.18. The minimum atomic E-state index is -3.58. The normalized spacial score (nSPS) is 11.4. The Morgan fingerprint density at radius 2 is 1.94 bits per heavy atom. The molecule has 0 saturated heterocycles. The van der Waals surface area contributed by atoms with Crippen LogP contribution in [0.5, 0.6) is 0 Å². The summed E-state index contributed by atoms with van der Waals surface area (Å²) in [5.41, 5.74) is 3.10. The Balaban J connectivity index is 1.65. The highest BCUT2D eigenvalue weighted by atomic mass is 32.2. The average molecular weight is 453 g/mol. The van der Waals surface area contributed by atoms with Gasteiger partial charge in [0.1, 0.15) is 0 Å². The maximum Gasteiger partial charge on any atom is 0.240 e. The maximum atomic E-state index is 12.0. The quantitative estimate of drug-likeness (QED) is 0.383. The fourth-order valence-electron chi connectivity index (χ4n) is 2.97. The molecule has 32 heavy (non-hydrogen) atoms. The van der Waals surface area contributed by atoms with Crippen LogP contribution in [0, 0.1) is 0 Å². The second kappa shape index (κ2) is 8.69. The number of hydrogen-bond acceptors (Lipinski definition) is 8. The highest BCUT2D eigenvalue weighted by molar-refractivity contribution is 7.89. The topological polar surface area (TPSA) is 144 Å². The molecule has 0 atom stereocenters. The molecular formula is C20H20N8O3S. The molecule has 0 radical (unpaired) electrons. The number of benzene rings is 2. The van der Waals surface area contributed by atoms with Gasteiger partial charge in [0, 0.05) is 19.2 Å². The van der Waals surface area contributed by atoms with Gasteiger partial charge in [-0.2, -0.15) is 9.67 Å². The number of nitrogens with zero attached hydrogens (tertiary/aromatic N) is 5. The largest absolute Gasteiger partial charge is 0.352 e. The van der Waals surface area contributed by atoms with E-state index >= 15 is 0 Å². The van der Waals surface area contributed by atoms with Gasteiger partial charge in [0.15, 0.2) is 11.2 Å². The second-order valence-corrected chi connectivity index (χ2v) is 8.73. The van der Waals surface area contributed by atoms with Crippen molar-refractivity contribution in [1.82, 2.24) is 35.0 Å². The van der Waals surface area contributed by atoms with Crippen molar-refractivity contribution in [1.29, 1.82) is 0 Å². The van der Waals surface area contributed by atoms with Crippen LogP contribution in [0.15, 0.2) is 59.6 Å². The van der Waals surface area contributed by atoms with Gasteiger partial charge in [-0.05, 0) is 42.9 Å². The van der Waals surface area contributed by atoms with E-state index < -0.39 is 10.0 Å². The first-order chi connectivity index (χ1) is 15.4. The number of fused-ring (bicyclic) bond motifs is 1. The van der Waals surface area contributed by atoms with Crippen LogP contribution in [0.1, 0.15) is 12.5 Å². The number of carbonyl (C=O) groups is 1. The van der Waals surface area contributed by atoms with Crippen molar-refractivity contribution in [3.05, 3.63) is 60.3 Å². The number of hydrogen-bond donors (Lipinski definition) is 3. The predicted octanol–water partition coefficient (Wildman–Crippen LogP) is 1.50. The third-order valence-electron chi connectivity index (χ3n) is 4.56. The van der Waals surface area contributed by atoms with Gasteiger partial charge in [0.05, 0.1) is 16.8 Å². The minimum Gasteiger partial charge on any atom is -0.352 e. The van der Waals surface area contributed by atoms with Crippen LogP contribution in [0.4, 0.5) is 11.6 Å². The van der Waals surface area contributed by atoms with E-state index in [1.165, 1.54) is 32.3 Å². The van der Waals surface area contributed by atoms with E-state index in [1.807, 2.05) is 24.3 Å². The Hall–Kier alpha value is -3.90. The van der Waals surface area contributed by atoms with Crippen molar-refractivity contribution < 1.29 is 13.2 Å². The monoisotopic (exact) mass is 452 g/mol. The third kappa shape index (κ3) is 4.55. The molecule has 0 bridgehead atoms. The van der Waals surface area contributed by atoms with Crippen LogP contribution in [0.2, 0.25) is 0 Å². The molecule has 2 aromatic carbocycles. The molecule has 0 spiro atoms. The number of carbonyl (C=O) groups excluding carboxylic acids is 1. The molecule has 4 rings (SSSR count). The maximum absolute atomic E-state index is 12.0. The third-order valence-corrected chi connectivity index (χ3v) is 5.97. The molecule has 0 aliphatic heterocycles. The molecular weight excluding hydrogens is 432 g/mol. The summed E-state index contributed by atoms with van der Waals surface area (Å²) in [6.45, 7) is 1.85. The van der Waals surface area contributed by atoms with Crippen molar-refractivity contribution >= 4 is 38.7 Å². The molecule has 0 unspecified atom stereocenters. The lowest BCUT2D eigenvalue weighted by Gasteiger charge is -2.08. The Labute approximate surface area is 183 Å². The number of aromatic nitrogens is 5. The number of rotatable bonds is 7. The fourth-order valence-corrected chi connectivity index (χ4v) is 3.75. The van der Waals surface area contributed by atoms with Crippen molar-refractivity contribution in [2.75, 3.05) is 12.4 Å². The molecule has 0 saturated carbocycles. The Bertz CT molecular complexity index is 1400. The zero-order chi connectivity index (χ0) is 22.7. The lowest BCUT2D eigenvalue weighted by atomic mass is 10.2. The van der Waals surface area contributed by atoms with E-state index in [-0.39, 0.29) is 16.8 Å². The van der Waals surface area contributed by atoms with Crippen LogP contribution < -0.4 is 15.4 Å². The van der Waals surface area contributed by atoms with Crippen molar-refractivity contribution in [2.24, 2.45) is 0 Å². The molecule has 2 heterocycles. The van der Waals surface area contributed by atoms with Gasteiger partial charge in [-0.3, -0.25) is 4.79 Å². The van der Waals surface area contributed by atoms with Gasteiger partial charge >= 0.3 is 0 Å². The number of nitrogens with one attached hydrogen (secondary N) is 3. The van der Waals surface area contributed by atoms with Crippen LogP contribution in [-0.2, 0) is 21.4 Å². The average Bonchev–Trinajstić information content (AvgIpc) is 3.21. The Kier molecular flexibility index (Phi) is 5.79. The highest BCUT2D eigenvalue weighted by Gasteiger charge is 2.13. The summed E-state index contributed by atoms with van der Waals surface area (Å²) in [6, 6.07) is 13.8. The van der Waals surface area contributed by atoms with E-state index in [4.69, 9.17) is 0 Å². The molecule has 0 aliphatic rings. The first kappa shape index (κ1) is 21.3. The predicted molar refractivity (Wildman–Crippen MR) is 118 cm³/mol. The zero-order valence-electron chi connectivity index (χ0n) is 17.3. The van der Waals surface area contributed by atoms with Gasteiger partial charge in [0.25, 0.3) is 0 Å². The highest BCUT2D eigenvalue weighted by Crippen LogP contribution is 2.20. The van der Waals surface area contributed by atoms with E-state index in [0.29, 0.717) is 23.4 Å². The Morgan fingerprint density at radius 3 is 2.72 bits per heavy atom. The molecule has 1 amide bonds. The van der Waals surface area contributed by atoms with Crippen LogP contribution >= 0.6 is 0 Å². The fraction of sp³-hybridized carbons (Fsp3) is 0.150. The first-order valence-electron chi connectivity index (χ1n) is 9.58. The minimum absolute atomic E-state index is 0.114. The van der Waals surface area contributed by atoms with Crippen LogP contribution in [-0.4, -0.2) is 46.3 Å². The van der Waals surface area contributed by atoms with E-state index in [9.17, 15) is 13.2 Å². The Morgan fingerprint density at radius 1 is 1.12 bits per heavy atom. The molecule has 12 heteroatoms. The smallest absolute Gasteiger partial charge is 0.240 e. The van der Waals surface area contributed by atoms with Crippen molar-refractivity contribution in [2.45, 2.75) is 18.4 Å². The standard InChI is InChI=1S/C20H20N8O3S/c1-13(29)22-11-14-5-3-7-16(9-14)28-19-18(26-27-28)12-23-20(25-19)24-15-6-4-8-17(10-15)32(30,31)21-2/h3-10,12,21H,11H2,1-2H3,(H,22,29)(H,23,24,25). The molecule has 4 aromatic rings. The van der Waals surface area contributed by atoms with Gasteiger partial charge in [-0.25, -0.2) is 18.1 Å². The second-order valence-electron chi connectivity index (χ2n) is 6.84. The van der Waals surface area contributed by atoms with Gasteiger partial charge in [-0.1, -0.05) is 23.4 Å². The molecule has 2 aromatic heterocycles. The molecule has 0 aliphatic carbocycles. The van der Waals surface area contributed by atoms with Gasteiger partial charge in [0.2, 0.25) is 21.9 Å². The van der Waals surface area contributed by atoms with Gasteiger partial charge < -0.3 is 10.6 Å². The summed E-state index contributed by atoms with van der Waals surface area (Å²) in [6.07, 6.45) is 1.53. The van der Waals surface area contributed by atoms with Crippen LogP contribution in [0.3, 0.4) is 0 Å². The van der Waals surface area contributed by atoms with Gasteiger partial charge in [-0.15, -0.1) is 5.10 Å². The number of anilines is 2. The summed E-state index contributed by atoms with van der Waals surface area (Å²) in [4.78, 5) is 20.0. The van der Waals surface area contributed by atoms with Crippen molar-refractivity contribution in [3.8, 4) is 5.69 Å². The lowest BCUT2D eigenvalue weighted by molar-refractivity contribution is -0.119. The summed E-state index contributed by atoms with van der Waals surface area (Å²) >= 11 is 0. The summed E-state index contributed by atoms with van der Waals surface area (Å²) in [7, 11) is -2.22. The first-order valence-corrected chi connectivity index (χ1v) is 11.1. The number of sulfonamides is 1. The number of amides is 1.